The monoisotopic (exact) mass is 307 g/mol. The maximum Gasteiger partial charge on any atom is 0.317 e. The molecule has 4 atom stereocenters. The molecule has 22 heavy (non-hydrogen) atoms. The van der Waals surface area contributed by atoms with Crippen LogP contribution in [0, 0.1) is 5.92 Å². The minimum Gasteiger partial charge on any atom is -0.335 e. The summed E-state index contributed by atoms with van der Waals surface area (Å²) in [6.45, 7) is 7.68. The van der Waals surface area contributed by atoms with Gasteiger partial charge in [0.15, 0.2) is 0 Å². The number of nitrogens with zero attached hydrogens (tertiary/aromatic N) is 2. The van der Waals surface area contributed by atoms with Crippen molar-refractivity contribution in [1.82, 2.24) is 15.1 Å². The van der Waals surface area contributed by atoms with Crippen molar-refractivity contribution in [2.24, 2.45) is 5.92 Å². The number of hydrogen-bond donors (Lipinski definition) is 1. The van der Waals surface area contributed by atoms with Crippen LogP contribution in [0.2, 0.25) is 0 Å². The largest absolute Gasteiger partial charge is 0.335 e. The van der Waals surface area contributed by atoms with Crippen molar-refractivity contribution < 1.29 is 4.79 Å². The van der Waals surface area contributed by atoms with Crippen molar-refractivity contribution in [2.75, 3.05) is 19.6 Å². The molecule has 0 spiro atoms. The molecule has 2 saturated heterocycles. The van der Waals surface area contributed by atoms with Gasteiger partial charge in [0, 0.05) is 31.2 Å². The second kappa shape index (κ2) is 7.20. The van der Waals surface area contributed by atoms with Gasteiger partial charge in [-0.15, -0.1) is 0 Å². The number of piperazine rings is 1. The van der Waals surface area contributed by atoms with Gasteiger partial charge in [-0.2, -0.15) is 0 Å². The molecule has 3 rings (SSSR count). The lowest BCUT2D eigenvalue weighted by molar-refractivity contribution is 0.0782. The summed E-state index contributed by atoms with van der Waals surface area (Å²) in [4.78, 5) is 17.5. The van der Waals surface area contributed by atoms with Gasteiger partial charge in [-0.3, -0.25) is 4.90 Å². The van der Waals surface area contributed by atoms with Gasteiger partial charge >= 0.3 is 6.03 Å². The average Bonchev–Trinajstić information content (AvgIpc) is 3.12. The lowest BCUT2D eigenvalue weighted by Crippen LogP contribution is -2.60. The molecule has 1 aliphatic carbocycles. The molecule has 0 aromatic heterocycles. The van der Waals surface area contributed by atoms with Gasteiger partial charge in [0.25, 0.3) is 0 Å². The summed E-state index contributed by atoms with van der Waals surface area (Å²) in [6.07, 6.45) is 10.2. The van der Waals surface area contributed by atoms with Crippen LogP contribution in [0.25, 0.3) is 0 Å². The van der Waals surface area contributed by atoms with Crippen molar-refractivity contribution in [3.05, 3.63) is 0 Å². The molecule has 2 heterocycles. The van der Waals surface area contributed by atoms with Crippen LogP contribution in [0.3, 0.4) is 0 Å². The molecule has 1 saturated carbocycles. The third-order valence-electron chi connectivity index (χ3n) is 6.09. The Balaban J connectivity index is 1.54. The topological polar surface area (TPSA) is 35.6 Å². The molecular formula is C18H33N3O. The van der Waals surface area contributed by atoms with Crippen LogP contribution in [-0.2, 0) is 0 Å². The summed E-state index contributed by atoms with van der Waals surface area (Å²) >= 11 is 0. The normalized spacial score (nSPS) is 35.6. The van der Waals surface area contributed by atoms with E-state index in [1.807, 2.05) is 0 Å². The van der Waals surface area contributed by atoms with Gasteiger partial charge in [0.2, 0.25) is 0 Å². The van der Waals surface area contributed by atoms with Crippen molar-refractivity contribution in [3.8, 4) is 0 Å². The Morgan fingerprint density at radius 3 is 2.86 bits per heavy atom. The molecule has 2 amide bonds. The first-order valence-corrected chi connectivity index (χ1v) is 9.50. The van der Waals surface area contributed by atoms with Gasteiger partial charge in [0.05, 0.1) is 0 Å². The number of amides is 2. The van der Waals surface area contributed by atoms with E-state index in [0.717, 1.165) is 13.1 Å². The first-order valence-electron chi connectivity index (χ1n) is 9.50. The van der Waals surface area contributed by atoms with Crippen LogP contribution in [0.1, 0.15) is 65.2 Å². The molecule has 1 N–H and O–H groups in total. The lowest BCUT2D eigenvalue weighted by atomic mass is 9.97. The zero-order chi connectivity index (χ0) is 15.5. The first-order chi connectivity index (χ1) is 10.7. The first kappa shape index (κ1) is 16.1. The number of unbranched alkanes of at least 4 members (excludes halogenated alkanes) is 1. The molecule has 126 valence electrons. The van der Waals surface area contributed by atoms with Crippen molar-refractivity contribution >= 4 is 6.03 Å². The van der Waals surface area contributed by atoms with E-state index < -0.39 is 0 Å². The highest BCUT2D eigenvalue weighted by Gasteiger charge is 2.37. The molecule has 0 aromatic rings. The van der Waals surface area contributed by atoms with E-state index in [9.17, 15) is 4.79 Å². The fourth-order valence-electron chi connectivity index (χ4n) is 4.75. The molecule has 3 aliphatic rings. The molecule has 3 fully saturated rings. The van der Waals surface area contributed by atoms with Crippen molar-refractivity contribution in [1.29, 1.82) is 0 Å². The summed E-state index contributed by atoms with van der Waals surface area (Å²) in [6, 6.07) is 1.59. The van der Waals surface area contributed by atoms with E-state index in [1.54, 1.807) is 0 Å². The third-order valence-corrected chi connectivity index (χ3v) is 6.09. The van der Waals surface area contributed by atoms with E-state index in [-0.39, 0.29) is 6.03 Å². The standard InChI is InChI=1S/C18H33N3O/c1-3-4-7-15-8-5-10-17(15)19-18(22)21-13-16-9-6-11-20(16)12-14(21)2/h14-17H,3-13H2,1-2H3,(H,19,22). The third kappa shape index (κ3) is 3.42. The predicted molar refractivity (Wildman–Crippen MR) is 89.9 cm³/mol. The molecule has 2 aliphatic heterocycles. The Kier molecular flexibility index (Phi) is 5.27. The van der Waals surface area contributed by atoms with Crippen LogP contribution in [-0.4, -0.2) is 53.6 Å². The average molecular weight is 307 g/mol. The fourth-order valence-corrected chi connectivity index (χ4v) is 4.75. The second-order valence-corrected chi connectivity index (χ2v) is 7.68. The van der Waals surface area contributed by atoms with E-state index in [1.165, 1.54) is 57.9 Å². The zero-order valence-corrected chi connectivity index (χ0v) is 14.4. The highest BCUT2D eigenvalue weighted by molar-refractivity contribution is 5.75. The number of hydrogen-bond acceptors (Lipinski definition) is 2. The molecule has 4 heteroatoms. The summed E-state index contributed by atoms with van der Waals surface area (Å²) in [5.74, 6) is 0.715. The smallest absolute Gasteiger partial charge is 0.317 e. The molecule has 0 aromatic carbocycles. The van der Waals surface area contributed by atoms with E-state index in [2.05, 4.69) is 29.0 Å². The fraction of sp³-hybridized carbons (Fsp3) is 0.944. The number of nitrogens with one attached hydrogen (secondary N) is 1. The highest BCUT2D eigenvalue weighted by atomic mass is 16.2. The second-order valence-electron chi connectivity index (χ2n) is 7.68. The summed E-state index contributed by atoms with van der Waals surface area (Å²) in [5, 5.41) is 3.39. The Morgan fingerprint density at radius 1 is 1.18 bits per heavy atom. The summed E-state index contributed by atoms with van der Waals surface area (Å²) in [5.41, 5.74) is 0. The zero-order valence-electron chi connectivity index (χ0n) is 14.4. The van der Waals surface area contributed by atoms with Crippen LogP contribution in [0.4, 0.5) is 4.79 Å². The van der Waals surface area contributed by atoms with Gasteiger partial charge in [-0.05, 0) is 51.5 Å². The minimum atomic E-state index is 0.201. The summed E-state index contributed by atoms with van der Waals surface area (Å²) in [7, 11) is 0. The van der Waals surface area contributed by atoms with E-state index in [0.29, 0.717) is 24.0 Å². The van der Waals surface area contributed by atoms with Gasteiger partial charge < -0.3 is 10.2 Å². The quantitative estimate of drug-likeness (QED) is 0.865. The van der Waals surface area contributed by atoms with Gasteiger partial charge in [-0.1, -0.05) is 26.2 Å². The van der Waals surface area contributed by atoms with Crippen LogP contribution < -0.4 is 5.32 Å². The Morgan fingerprint density at radius 2 is 2.05 bits per heavy atom. The SMILES string of the molecule is CCCCC1CCCC1NC(=O)N1CC2CCCN2CC1C. The van der Waals surface area contributed by atoms with Crippen LogP contribution >= 0.6 is 0 Å². The highest BCUT2D eigenvalue weighted by Crippen LogP contribution is 2.30. The number of rotatable bonds is 4. The Labute approximate surface area is 135 Å². The predicted octanol–water partition coefficient (Wildman–Crippen LogP) is 3.22. The van der Waals surface area contributed by atoms with E-state index in [4.69, 9.17) is 0 Å². The van der Waals surface area contributed by atoms with Gasteiger partial charge in [-0.25, -0.2) is 4.79 Å². The number of fused-ring (bicyclic) bond motifs is 1. The van der Waals surface area contributed by atoms with Crippen LogP contribution in [0.5, 0.6) is 0 Å². The molecule has 0 bridgehead atoms. The van der Waals surface area contributed by atoms with Crippen LogP contribution in [0.15, 0.2) is 0 Å². The lowest BCUT2D eigenvalue weighted by Gasteiger charge is -2.42. The maximum absolute atomic E-state index is 12.8. The van der Waals surface area contributed by atoms with Crippen molar-refractivity contribution in [2.45, 2.75) is 83.3 Å². The molecule has 4 nitrogen and oxygen atoms in total. The Bertz CT molecular complexity index is 387. The molecule has 0 radical (unpaired) electrons. The minimum absolute atomic E-state index is 0.201. The summed E-state index contributed by atoms with van der Waals surface area (Å²) < 4.78 is 0. The Hall–Kier alpha value is -0.770. The van der Waals surface area contributed by atoms with Crippen molar-refractivity contribution in [3.63, 3.8) is 0 Å². The number of urea groups is 1. The number of carbonyl (C=O) groups is 1. The van der Waals surface area contributed by atoms with E-state index >= 15 is 0 Å². The molecule has 4 unspecified atom stereocenters. The van der Waals surface area contributed by atoms with Gasteiger partial charge in [0.1, 0.15) is 0 Å². The number of carbonyl (C=O) groups excluding carboxylic acids is 1. The maximum atomic E-state index is 12.8. The molecular weight excluding hydrogens is 274 g/mol.